The summed E-state index contributed by atoms with van der Waals surface area (Å²) < 4.78 is 2.22. The topological polar surface area (TPSA) is 22.0 Å². The van der Waals surface area contributed by atoms with Crippen LogP contribution >= 0.6 is 0 Å². The third kappa shape index (κ3) is 0.941. The SMILES string of the molecule is Cc1cc2n(c1)C1CCCCC1C2=O. The number of carbonyl (C=O) groups excluding carboxylic acids is 1. The van der Waals surface area contributed by atoms with Gasteiger partial charge in [0.25, 0.3) is 0 Å². The number of fused-ring (bicyclic) bond motifs is 3. The molecule has 3 rings (SSSR count). The first-order chi connectivity index (χ1) is 6.77. The molecule has 0 bridgehead atoms. The number of hydrogen-bond acceptors (Lipinski definition) is 1. The Morgan fingerprint density at radius 2 is 2.14 bits per heavy atom. The van der Waals surface area contributed by atoms with Crippen LogP contribution in [0.3, 0.4) is 0 Å². The lowest BCUT2D eigenvalue weighted by Gasteiger charge is -2.24. The van der Waals surface area contributed by atoms with E-state index >= 15 is 0 Å². The average Bonchev–Trinajstić information content (AvgIpc) is 2.68. The number of nitrogens with zero attached hydrogens (tertiary/aromatic N) is 1. The summed E-state index contributed by atoms with van der Waals surface area (Å²) in [6.07, 6.45) is 6.95. The summed E-state index contributed by atoms with van der Waals surface area (Å²) in [6, 6.07) is 2.53. The van der Waals surface area contributed by atoms with Crippen molar-refractivity contribution in [2.24, 2.45) is 5.92 Å². The lowest BCUT2D eigenvalue weighted by molar-refractivity contribution is 0.0891. The molecule has 1 aromatic rings. The van der Waals surface area contributed by atoms with Crippen LogP contribution in [0.15, 0.2) is 12.3 Å². The van der Waals surface area contributed by atoms with Gasteiger partial charge >= 0.3 is 0 Å². The van der Waals surface area contributed by atoms with E-state index in [1.807, 2.05) is 6.07 Å². The van der Waals surface area contributed by atoms with Crippen molar-refractivity contribution in [3.63, 3.8) is 0 Å². The average molecular weight is 189 g/mol. The van der Waals surface area contributed by atoms with Crippen LogP contribution in [0.5, 0.6) is 0 Å². The molecule has 74 valence electrons. The minimum atomic E-state index is 0.305. The van der Waals surface area contributed by atoms with E-state index in [0.29, 0.717) is 17.7 Å². The smallest absolute Gasteiger partial charge is 0.184 e. The molecule has 2 heteroatoms. The Morgan fingerprint density at radius 1 is 1.36 bits per heavy atom. The Morgan fingerprint density at radius 3 is 3.00 bits per heavy atom. The molecule has 14 heavy (non-hydrogen) atoms. The number of rotatable bonds is 0. The summed E-state index contributed by atoms with van der Waals surface area (Å²) in [6.45, 7) is 2.07. The largest absolute Gasteiger partial charge is 0.341 e. The van der Waals surface area contributed by atoms with Gasteiger partial charge in [0.1, 0.15) is 0 Å². The fraction of sp³-hybridized carbons (Fsp3) is 0.583. The second-order valence-electron chi connectivity index (χ2n) is 4.63. The molecule has 2 aliphatic rings. The van der Waals surface area contributed by atoms with Gasteiger partial charge in [0.05, 0.1) is 5.69 Å². The van der Waals surface area contributed by atoms with Gasteiger partial charge in [0, 0.05) is 18.2 Å². The maximum absolute atomic E-state index is 12.0. The molecule has 0 N–H and O–H groups in total. The molecule has 1 fully saturated rings. The van der Waals surface area contributed by atoms with Gasteiger partial charge < -0.3 is 4.57 Å². The van der Waals surface area contributed by atoms with E-state index in [1.54, 1.807) is 0 Å². The van der Waals surface area contributed by atoms with Crippen LogP contribution in [0, 0.1) is 12.8 Å². The Bertz CT molecular complexity index is 391. The molecule has 0 aromatic carbocycles. The maximum atomic E-state index is 12.0. The van der Waals surface area contributed by atoms with Crippen molar-refractivity contribution in [1.29, 1.82) is 0 Å². The second kappa shape index (κ2) is 2.72. The summed E-state index contributed by atoms with van der Waals surface area (Å²) >= 11 is 0. The molecule has 1 aliphatic carbocycles. The molecule has 1 aliphatic heterocycles. The lowest BCUT2D eigenvalue weighted by atomic mass is 9.84. The number of aryl methyl sites for hydroxylation is 1. The van der Waals surface area contributed by atoms with Crippen LogP contribution in [-0.4, -0.2) is 10.4 Å². The highest BCUT2D eigenvalue weighted by atomic mass is 16.1. The van der Waals surface area contributed by atoms with Gasteiger partial charge in [-0.3, -0.25) is 4.79 Å². The fourth-order valence-corrected chi connectivity index (χ4v) is 3.03. The Labute approximate surface area is 83.9 Å². The second-order valence-corrected chi connectivity index (χ2v) is 4.63. The Kier molecular flexibility index (Phi) is 1.61. The molecule has 0 spiro atoms. The van der Waals surface area contributed by atoms with E-state index < -0.39 is 0 Å². The van der Waals surface area contributed by atoms with E-state index in [2.05, 4.69) is 17.7 Å². The van der Waals surface area contributed by atoms with E-state index in [1.165, 1.54) is 24.8 Å². The van der Waals surface area contributed by atoms with Crippen LogP contribution < -0.4 is 0 Å². The summed E-state index contributed by atoms with van der Waals surface area (Å²) in [4.78, 5) is 12.0. The van der Waals surface area contributed by atoms with Gasteiger partial charge in [-0.05, 0) is 31.4 Å². The van der Waals surface area contributed by atoms with Crippen molar-refractivity contribution in [2.45, 2.75) is 38.6 Å². The monoisotopic (exact) mass is 189 g/mol. The first kappa shape index (κ1) is 8.27. The van der Waals surface area contributed by atoms with Gasteiger partial charge in [-0.15, -0.1) is 0 Å². The van der Waals surface area contributed by atoms with Crippen LogP contribution in [0.2, 0.25) is 0 Å². The zero-order valence-electron chi connectivity index (χ0n) is 8.49. The highest BCUT2D eigenvalue weighted by molar-refractivity contribution is 5.99. The highest BCUT2D eigenvalue weighted by Crippen LogP contribution is 2.42. The van der Waals surface area contributed by atoms with Gasteiger partial charge in [0.15, 0.2) is 5.78 Å². The molecular formula is C12H15NO. The molecule has 1 aromatic heterocycles. The van der Waals surface area contributed by atoms with Crippen molar-refractivity contribution >= 4 is 5.78 Å². The number of carbonyl (C=O) groups is 1. The van der Waals surface area contributed by atoms with Crippen LogP contribution in [0.1, 0.15) is 47.8 Å². The Balaban J connectivity index is 2.09. The number of aromatic nitrogens is 1. The minimum Gasteiger partial charge on any atom is -0.341 e. The van der Waals surface area contributed by atoms with Crippen molar-refractivity contribution in [3.8, 4) is 0 Å². The first-order valence-corrected chi connectivity index (χ1v) is 5.50. The molecule has 1 saturated carbocycles. The molecule has 2 heterocycles. The number of Topliss-reactive ketones (excluding diaryl/α,β-unsaturated/α-hetero) is 1. The van der Waals surface area contributed by atoms with E-state index in [9.17, 15) is 4.79 Å². The summed E-state index contributed by atoms with van der Waals surface area (Å²) in [5, 5.41) is 0. The number of hydrogen-bond donors (Lipinski definition) is 0. The third-order valence-corrected chi connectivity index (χ3v) is 3.66. The summed E-state index contributed by atoms with van der Waals surface area (Å²) in [5.74, 6) is 0.696. The predicted molar refractivity (Wildman–Crippen MR) is 54.5 cm³/mol. The first-order valence-electron chi connectivity index (χ1n) is 5.50. The Hall–Kier alpha value is -1.05. The van der Waals surface area contributed by atoms with Gasteiger partial charge in [-0.25, -0.2) is 0 Å². The lowest BCUT2D eigenvalue weighted by Crippen LogP contribution is -2.20. The zero-order chi connectivity index (χ0) is 9.71. The van der Waals surface area contributed by atoms with Gasteiger partial charge in [-0.1, -0.05) is 12.8 Å². The molecule has 2 unspecified atom stereocenters. The molecule has 2 atom stereocenters. The van der Waals surface area contributed by atoms with Gasteiger partial charge in [0.2, 0.25) is 0 Å². The van der Waals surface area contributed by atoms with E-state index in [0.717, 1.165) is 12.1 Å². The maximum Gasteiger partial charge on any atom is 0.184 e. The summed E-state index contributed by atoms with van der Waals surface area (Å²) in [7, 11) is 0. The molecule has 0 amide bonds. The third-order valence-electron chi connectivity index (χ3n) is 3.66. The quantitative estimate of drug-likeness (QED) is 0.615. The standard InChI is InChI=1S/C12H15NO/c1-8-6-11-12(14)9-4-2-3-5-10(9)13(11)7-8/h6-7,9-10H,2-5H2,1H3. The molecule has 2 nitrogen and oxygen atoms in total. The highest BCUT2D eigenvalue weighted by Gasteiger charge is 2.40. The van der Waals surface area contributed by atoms with Crippen molar-refractivity contribution in [1.82, 2.24) is 4.57 Å². The number of ketones is 1. The van der Waals surface area contributed by atoms with Crippen molar-refractivity contribution in [3.05, 3.63) is 23.5 Å². The van der Waals surface area contributed by atoms with E-state index in [-0.39, 0.29) is 0 Å². The van der Waals surface area contributed by atoms with E-state index in [4.69, 9.17) is 0 Å². The molecular weight excluding hydrogens is 174 g/mol. The van der Waals surface area contributed by atoms with Crippen LogP contribution in [-0.2, 0) is 0 Å². The zero-order valence-corrected chi connectivity index (χ0v) is 8.49. The van der Waals surface area contributed by atoms with Gasteiger partial charge in [-0.2, -0.15) is 0 Å². The normalized spacial score (nSPS) is 30.2. The fourth-order valence-electron chi connectivity index (χ4n) is 3.03. The summed E-state index contributed by atoms with van der Waals surface area (Å²) in [5.41, 5.74) is 2.18. The van der Waals surface area contributed by atoms with Crippen LogP contribution in [0.25, 0.3) is 0 Å². The minimum absolute atomic E-state index is 0.305. The van der Waals surface area contributed by atoms with Crippen molar-refractivity contribution < 1.29 is 4.79 Å². The van der Waals surface area contributed by atoms with Crippen LogP contribution in [0.4, 0.5) is 0 Å². The molecule has 0 saturated heterocycles. The predicted octanol–water partition coefficient (Wildman–Crippen LogP) is 2.72. The molecule has 0 radical (unpaired) electrons. The van der Waals surface area contributed by atoms with Crippen molar-refractivity contribution in [2.75, 3.05) is 0 Å².